The lowest BCUT2D eigenvalue weighted by Gasteiger charge is -1.97. The number of benzene rings is 2. The van der Waals surface area contributed by atoms with Crippen molar-refractivity contribution in [2.45, 2.75) is 17.0 Å². The van der Waals surface area contributed by atoms with Crippen molar-refractivity contribution >= 4 is 28.5 Å². The van der Waals surface area contributed by atoms with Gasteiger partial charge in [0.1, 0.15) is 5.52 Å². The third-order valence-electron chi connectivity index (χ3n) is 2.59. The Morgan fingerprint density at radius 2 is 2.06 bits per heavy atom. The van der Waals surface area contributed by atoms with Gasteiger partial charge in [-0.05, 0) is 49.0 Å². The highest BCUT2D eigenvalue weighted by Crippen LogP contribution is 2.30. The normalized spacial score (nSPS) is 10.9. The summed E-state index contributed by atoms with van der Waals surface area (Å²) in [5.41, 5.74) is 9.20. The van der Waals surface area contributed by atoms with Crippen LogP contribution in [-0.4, -0.2) is 4.98 Å². The van der Waals surface area contributed by atoms with Crippen LogP contribution in [0.4, 0.5) is 5.69 Å². The molecule has 0 saturated carbocycles. The van der Waals surface area contributed by atoms with Gasteiger partial charge in [-0.3, -0.25) is 0 Å². The van der Waals surface area contributed by atoms with Gasteiger partial charge in [0.15, 0.2) is 5.58 Å². The molecule has 0 fully saturated rings. The summed E-state index contributed by atoms with van der Waals surface area (Å²) in [6, 6.07) is 13.7. The Morgan fingerprint density at radius 3 is 2.89 bits per heavy atom. The van der Waals surface area contributed by atoms with Gasteiger partial charge in [-0.2, -0.15) is 0 Å². The standard InChI is InChI=1S/C14H12N2OS/c1-9-3-2-4-11(7-9)18-14-16-12-8-10(15)5-6-13(12)17-14/h2-8H,15H2,1H3. The second kappa shape index (κ2) is 4.38. The maximum absolute atomic E-state index is 5.72. The number of nitrogen functional groups attached to an aromatic ring is 1. The summed E-state index contributed by atoms with van der Waals surface area (Å²) in [5.74, 6) is 0. The molecule has 0 atom stereocenters. The average molecular weight is 256 g/mol. The van der Waals surface area contributed by atoms with Crippen LogP contribution < -0.4 is 5.73 Å². The predicted molar refractivity (Wildman–Crippen MR) is 73.7 cm³/mol. The number of anilines is 1. The maximum Gasteiger partial charge on any atom is 0.261 e. The van der Waals surface area contributed by atoms with E-state index in [1.807, 2.05) is 30.3 Å². The summed E-state index contributed by atoms with van der Waals surface area (Å²) in [4.78, 5) is 5.53. The Bertz CT molecular complexity index is 706. The monoisotopic (exact) mass is 256 g/mol. The van der Waals surface area contributed by atoms with Crippen LogP contribution in [0.3, 0.4) is 0 Å². The van der Waals surface area contributed by atoms with Crippen molar-refractivity contribution in [3.05, 3.63) is 48.0 Å². The van der Waals surface area contributed by atoms with Crippen LogP contribution in [-0.2, 0) is 0 Å². The number of nitrogens with zero attached hydrogens (tertiary/aromatic N) is 1. The van der Waals surface area contributed by atoms with Crippen LogP contribution in [0.25, 0.3) is 11.1 Å². The number of fused-ring (bicyclic) bond motifs is 1. The number of rotatable bonds is 2. The molecule has 0 aliphatic rings. The van der Waals surface area contributed by atoms with Crippen molar-refractivity contribution in [2.24, 2.45) is 0 Å². The van der Waals surface area contributed by atoms with Crippen LogP contribution in [0, 0.1) is 6.92 Å². The zero-order chi connectivity index (χ0) is 12.5. The first kappa shape index (κ1) is 11.2. The molecule has 3 rings (SSSR count). The summed E-state index contributed by atoms with van der Waals surface area (Å²) in [7, 11) is 0. The highest BCUT2D eigenvalue weighted by Gasteiger charge is 2.07. The Kier molecular flexibility index (Phi) is 2.72. The fourth-order valence-electron chi connectivity index (χ4n) is 1.75. The lowest BCUT2D eigenvalue weighted by molar-refractivity contribution is 0.489. The van der Waals surface area contributed by atoms with Crippen molar-refractivity contribution in [2.75, 3.05) is 5.73 Å². The van der Waals surface area contributed by atoms with E-state index in [4.69, 9.17) is 10.2 Å². The van der Waals surface area contributed by atoms with E-state index < -0.39 is 0 Å². The molecule has 1 heterocycles. The van der Waals surface area contributed by atoms with Crippen LogP contribution in [0.1, 0.15) is 5.56 Å². The summed E-state index contributed by atoms with van der Waals surface area (Å²) < 4.78 is 5.66. The zero-order valence-electron chi connectivity index (χ0n) is 9.88. The van der Waals surface area contributed by atoms with Crippen molar-refractivity contribution in [1.29, 1.82) is 0 Å². The van der Waals surface area contributed by atoms with E-state index in [2.05, 4.69) is 24.0 Å². The number of aryl methyl sites for hydroxylation is 1. The fraction of sp³-hybridized carbons (Fsp3) is 0.0714. The number of aromatic nitrogens is 1. The van der Waals surface area contributed by atoms with Gasteiger partial charge in [0.05, 0.1) is 0 Å². The molecule has 0 spiro atoms. The van der Waals surface area contributed by atoms with Gasteiger partial charge in [0, 0.05) is 10.6 Å². The highest BCUT2D eigenvalue weighted by molar-refractivity contribution is 7.99. The highest BCUT2D eigenvalue weighted by atomic mass is 32.2. The number of hydrogen-bond donors (Lipinski definition) is 1. The third kappa shape index (κ3) is 2.19. The first-order valence-electron chi connectivity index (χ1n) is 5.61. The van der Waals surface area contributed by atoms with E-state index >= 15 is 0 Å². The fourth-order valence-corrected chi connectivity index (χ4v) is 2.62. The van der Waals surface area contributed by atoms with E-state index in [0.29, 0.717) is 10.9 Å². The molecule has 2 aromatic carbocycles. The molecular formula is C14H12N2OS. The van der Waals surface area contributed by atoms with Gasteiger partial charge < -0.3 is 10.2 Å². The van der Waals surface area contributed by atoms with Gasteiger partial charge in [0.25, 0.3) is 5.22 Å². The minimum atomic E-state index is 0.640. The van der Waals surface area contributed by atoms with E-state index in [0.717, 1.165) is 16.0 Å². The van der Waals surface area contributed by atoms with Gasteiger partial charge in [-0.1, -0.05) is 17.7 Å². The number of oxazole rings is 1. The van der Waals surface area contributed by atoms with Crippen molar-refractivity contribution in [1.82, 2.24) is 4.98 Å². The minimum Gasteiger partial charge on any atom is -0.431 e. The topological polar surface area (TPSA) is 52.0 Å². The molecule has 0 amide bonds. The summed E-state index contributed by atoms with van der Waals surface area (Å²) in [5, 5.41) is 0.640. The molecule has 1 aromatic heterocycles. The molecule has 0 saturated heterocycles. The summed E-state index contributed by atoms with van der Waals surface area (Å²) in [6.45, 7) is 2.07. The Labute approximate surface area is 109 Å². The predicted octanol–water partition coefficient (Wildman–Crippen LogP) is 3.87. The maximum atomic E-state index is 5.72. The van der Waals surface area contributed by atoms with E-state index in [-0.39, 0.29) is 0 Å². The van der Waals surface area contributed by atoms with E-state index in [1.54, 1.807) is 0 Å². The number of nitrogens with two attached hydrogens (primary N) is 1. The Hall–Kier alpha value is -1.94. The van der Waals surface area contributed by atoms with Crippen molar-refractivity contribution in [3.8, 4) is 0 Å². The summed E-state index contributed by atoms with van der Waals surface area (Å²) in [6.07, 6.45) is 0. The van der Waals surface area contributed by atoms with Crippen LogP contribution in [0.15, 0.2) is 57.0 Å². The van der Waals surface area contributed by atoms with E-state index in [1.165, 1.54) is 17.3 Å². The van der Waals surface area contributed by atoms with Gasteiger partial charge in [0.2, 0.25) is 0 Å². The molecule has 90 valence electrons. The third-order valence-corrected chi connectivity index (χ3v) is 3.43. The Morgan fingerprint density at radius 1 is 1.17 bits per heavy atom. The molecule has 0 radical (unpaired) electrons. The molecule has 3 aromatic rings. The zero-order valence-corrected chi connectivity index (χ0v) is 10.7. The lowest BCUT2D eigenvalue weighted by atomic mass is 10.2. The van der Waals surface area contributed by atoms with Gasteiger partial charge >= 0.3 is 0 Å². The summed E-state index contributed by atoms with van der Waals surface area (Å²) >= 11 is 1.51. The van der Waals surface area contributed by atoms with Crippen molar-refractivity contribution < 1.29 is 4.42 Å². The second-order valence-electron chi connectivity index (χ2n) is 4.13. The molecule has 3 nitrogen and oxygen atoms in total. The van der Waals surface area contributed by atoms with Gasteiger partial charge in [-0.25, -0.2) is 4.98 Å². The largest absolute Gasteiger partial charge is 0.431 e. The van der Waals surface area contributed by atoms with Crippen molar-refractivity contribution in [3.63, 3.8) is 0 Å². The minimum absolute atomic E-state index is 0.640. The number of hydrogen-bond acceptors (Lipinski definition) is 4. The Balaban J connectivity index is 1.95. The van der Waals surface area contributed by atoms with Crippen LogP contribution in [0.5, 0.6) is 0 Å². The quantitative estimate of drug-likeness (QED) is 0.707. The van der Waals surface area contributed by atoms with Crippen LogP contribution in [0.2, 0.25) is 0 Å². The molecule has 2 N–H and O–H groups in total. The molecule has 18 heavy (non-hydrogen) atoms. The molecule has 0 aliphatic heterocycles. The first-order valence-corrected chi connectivity index (χ1v) is 6.43. The second-order valence-corrected chi connectivity index (χ2v) is 5.15. The van der Waals surface area contributed by atoms with Gasteiger partial charge in [-0.15, -0.1) is 0 Å². The van der Waals surface area contributed by atoms with E-state index in [9.17, 15) is 0 Å². The first-order chi connectivity index (χ1) is 8.70. The molecule has 0 unspecified atom stereocenters. The molecule has 0 bridgehead atoms. The average Bonchev–Trinajstić information content (AvgIpc) is 2.70. The smallest absolute Gasteiger partial charge is 0.261 e. The lowest BCUT2D eigenvalue weighted by Crippen LogP contribution is -1.82. The van der Waals surface area contributed by atoms with Crippen LogP contribution >= 0.6 is 11.8 Å². The molecule has 0 aliphatic carbocycles. The SMILES string of the molecule is Cc1cccc(Sc2nc3cc(N)ccc3o2)c1. The molecule has 4 heteroatoms. The molecular weight excluding hydrogens is 244 g/mol.